The number of fused-ring (bicyclic) bond motifs is 3. The fraction of sp³-hybridized carbons (Fsp3) is 0.226. The van der Waals surface area contributed by atoms with E-state index in [1.807, 2.05) is 48.5 Å². The Hall–Kier alpha value is -4.30. The highest BCUT2D eigenvalue weighted by Crippen LogP contribution is 2.44. The molecule has 1 unspecified atom stereocenters. The molecule has 198 valence electrons. The van der Waals surface area contributed by atoms with E-state index in [2.05, 4.69) is 18.2 Å². The first-order valence-electron chi connectivity index (χ1n) is 12.6. The normalized spacial score (nSPS) is 16.1. The van der Waals surface area contributed by atoms with Gasteiger partial charge in [0.25, 0.3) is 5.56 Å². The standard InChI is InChI=1S/C31H28N2O5S/c1-35-20-12-14-25(37-3)24(16-20)29-23-13-10-18-7-5-6-8-22(18)28(23)32-31-33(29)30(34)27(39-31)15-19-9-11-21(36-2)17-26(19)38-4/h5-9,11-12,14-17,29H,10,13H2,1-4H3. The first kappa shape index (κ1) is 25.0. The van der Waals surface area contributed by atoms with Crippen LogP contribution in [-0.2, 0) is 6.42 Å². The molecule has 1 aliphatic heterocycles. The third-order valence-electron chi connectivity index (χ3n) is 7.33. The quantitative estimate of drug-likeness (QED) is 0.364. The Balaban J connectivity index is 1.64. The molecule has 0 amide bonds. The summed E-state index contributed by atoms with van der Waals surface area (Å²) in [6.07, 6.45) is 3.52. The van der Waals surface area contributed by atoms with Crippen LogP contribution in [0, 0.1) is 0 Å². The Kier molecular flexibility index (Phi) is 6.48. The lowest BCUT2D eigenvalue weighted by atomic mass is 9.83. The van der Waals surface area contributed by atoms with E-state index in [4.69, 9.17) is 23.9 Å². The smallest absolute Gasteiger partial charge is 0.271 e. The Morgan fingerprint density at radius 1 is 0.872 bits per heavy atom. The SMILES string of the molecule is COc1ccc(C=c2sc3n(c2=O)C(c2cc(OC)ccc2OC)C2=C(N=3)c3ccccc3CC2)c(OC)c1. The van der Waals surface area contributed by atoms with E-state index in [1.54, 1.807) is 33.0 Å². The van der Waals surface area contributed by atoms with Gasteiger partial charge in [-0.2, -0.15) is 0 Å². The van der Waals surface area contributed by atoms with E-state index >= 15 is 0 Å². The summed E-state index contributed by atoms with van der Waals surface area (Å²) in [6.45, 7) is 0. The van der Waals surface area contributed by atoms with Gasteiger partial charge < -0.3 is 18.9 Å². The van der Waals surface area contributed by atoms with Crippen LogP contribution in [0.1, 0.15) is 34.7 Å². The fourth-order valence-corrected chi connectivity index (χ4v) is 6.42. The molecule has 0 fully saturated rings. The van der Waals surface area contributed by atoms with E-state index in [0.29, 0.717) is 32.3 Å². The highest BCUT2D eigenvalue weighted by atomic mass is 32.1. The summed E-state index contributed by atoms with van der Waals surface area (Å²) in [5.41, 5.74) is 5.94. The summed E-state index contributed by atoms with van der Waals surface area (Å²) >= 11 is 1.37. The first-order valence-corrected chi connectivity index (χ1v) is 13.4. The second kappa shape index (κ2) is 10.1. The second-order valence-corrected chi connectivity index (χ2v) is 10.3. The van der Waals surface area contributed by atoms with Crippen molar-refractivity contribution in [2.24, 2.45) is 4.99 Å². The van der Waals surface area contributed by atoms with Crippen molar-refractivity contribution in [1.82, 2.24) is 4.57 Å². The predicted octanol–water partition coefficient (Wildman–Crippen LogP) is 4.35. The van der Waals surface area contributed by atoms with Crippen LogP contribution in [0.3, 0.4) is 0 Å². The number of aryl methyl sites for hydroxylation is 1. The largest absolute Gasteiger partial charge is 0.497 e. The molecule has 7 nitrogen and oxygen atoms in total. The van der Waals surface area contributed by atoms with Gasteiger partial charge in [-0.25, -0.2) is 4.99 Å². The van der Waals surface area contributed by atoms with Crippen molar-refractivity contribution < 1.29 is 18.9 Å². The van der Waals surface area contributed by atoms with Gasteiger partial charge >= 0.3 is 0 Å². The minimum atomic E-state index is -0.380. The molecule has 4 aromatic rings. The highest BCUT2D eigenvalue weighted by molar-refractivity contribution is 7.07. The van der Waals surface area contributed by atoms with Crippen molar-refractivity contribution in [3.8, 4) is 23.0 Å². The third-order valence-corrected chi connectivity index (χ3v) is 8.31. The molecule has 0 bridgehead atoms. The number of aromatic nitrogens is 1. The topological polar surface area (TPSA) is 71.3 Å². The zero-order chi connectivity index (χ0) is 27.1. The summed E-state index contributed by atoms with van der Waals surface area (Å²) in [4.78, 5) is 19.9. The number of thiazole rings is 1. The molecule has 1 atom stereocenters. The number of hydrogen-bond donors (Lipinski definition) is 0. The van der Waals surface area contributed by atoms with Crippen LogP contribution >= 0.6 is 11.3 Å². The number of rotatable bonds is 6. The van der Waals surface area contributed by atoms with Crippen molar-refractivity contribution in [3.05, 3.63) is 108 Å². The van der Waals surface area contributed by atoms with Crippen LogP contribution < -0.4 is 33.8 Å². The molecule has 0 N–H and O–H groups in total. The van der Waals surface area contributed by atoms with Gasteiger partial charge in [0.15, 0.2) is 4.80 Å². The molecule has 1 aliphatic carbocycles. The van der Waals surface area contributed by atoms with E-state index in [1.165, 1.54) is 16.9 Å². The second-order valence-electron chi connectivity index (χ2n) is 9.33. The summed E-state index contributed by atoms with van der Waals surface area (Å²) in [7, 11) is 6.50. The molecule has 0 saturated carbocycles. The Morgan fingerprint density at radius 2 is 1.62 bits per heavy atom. The Bertz CT molecular complexity index is 1800. The molecule has 0 saturated heterocycles. The zero-order valence-electron chi connectivity index (χ0n) is 22.2. The van der Waals surface area contributed by atoms with Gasteiger partial charge in [0.1, 0.15) is 23.0 Å². The molecule has 1 aromatic heterocycles. The average Bonchev–Trinajstić information content (AvgIpc) is 3.29. The maximum Gasteiger partial charge on any atom is 0.271 e. The van der Waals surface area contributed by atoms with Crippen molar-refractivity contribution in [2.45, 2.75) is 18.9 Å². The summed E-state index contributed by atoms with van der Waals surface area (Å²) in [6, 6.07) is 19.3. The van der Waals surface area contributed by atoms with Crippen LogP contribution in [0.4, 0.5) is 0 Å². The van der Waals surface area contributed by atoms with Crippen LogP contribution in [0.15, 0.2) is 76.0 Å². The van der Waals surface area contributed by atoms with Gasteiger partial charge in [-0.1, -0.05) is 35.6 Å². The van der Waals surface area contributed by atoms with Crippen molar-refractivity contribution >= 4 is 23.1 Å². The Morgan fingerprint density at radius 3 is 2.38 bits per heavy atom. The molecule has 6 rings (SSSR count). The lowest BCUT2D eigenvalue weighted by molar-refractivity contribution is 0.392. The molecular weight excluding hydrogens is 512 g/mol. The molecular formula is C31H28N2O5S. The third kappa shape index (κ3) is 4.21. The maximum absolute atomic E-state index is 14.1. The number of ether oxygens (including phenoxy) is 4. The van der Waals surface area contributed by atoms with Crippen molar-refractivity contribution in [2.75, 3.05) is 28.4 Å². The number of hydrogen-bond acceptors (Lipinski definition) is 7. The van der Waals surface area contributed by atoms with Crippen LogP contribution in [0.25, 0.3) is 11.8 Å². The average molecular weight is 541 g/mol. The number of benzene rings is 3. The lowest BCUT2D eigenvalue weighted by Gasteiger charge is -2.31. The molecule has 2 aliphatic rings. The van der Waals surface area contributed by atoms with Gasteiger partial charge in [0, 0.05) is 22.8 Å². The summed E-state index contributed by atoms with van der Waals surface area (Å²) in [5, 5.41) is 0. The molecule has 39 heavy (non-hydrogen) atoms. The van der Waals surface area contributed by atoms with Gasteiger partial charge in [-0.3, -0.25) is 9.36 Å². The van der Waals surface area contributed by atoms with Gasteiger partial charge in [-0.05, 0) is 60.4 Å². The minimum Gasteiger partial charge on any atom is -0.497 e. The fourth-order valence-electron chi connectivity index (χ4n) is 5.43. The first-order chi connectivity index (χ1) is 19.1. The summed E-state index contributed by atoms with van der Waals surface area (Å²) in [5.74, 6) is 2.70. The Labute approximate surface area is 229 Å². The molecule has 2 heterocycles. The van der Waals surface area contributed by atoms with Gasteiger partial charge in [0.2, 0.25) is 0 Å². The maximum atomic E-state index is 14.1. The number of allylic oxidation sites excluding steroid dienone is 1. The van der Waals surface area contributed by atoms with E-state index in [-0.39, 0.29) is 11.6 Å². The molecule has 0 spiro atoms. The van der Waals surface area contributed by atoms with E-state index < -0.39 is 0 Å². The van der Waals surface area contributed by atoms with Crippen molar-refractivity contribution in [1.29, 1.82) is 0 Å². The number of nitrogens with zero attached hydrogens (tertiary/aromatic N) is 2. The van der Waals surface area contributed by atoms with E-state index in [0.717, 1.165) is 40.8 Å². The van der Waals surface area contributed by atoms with Gasteiger partial charge in [-0.15, -0.1) is 0 Å². The monoisotopic (exact) mass is 540 g/mol. The zero-order valence-corrected chi connectivity index (χ0v) is 23.0. The van der Waals surface area contributed by atoms with Crippen LogP contribution in [-0.4, -0.2) is 33.0 Å². The van der Waals surface area contributed by atoms with Crippen LogP contribution in [0.5, 0.6) is 23.0 Å². The highest BCUT2D eigenvalue weighted by Gasteiger charge is 2.34. The molecule has 3 aromatic carbocycles. The predicted molar refractivity (Wildman–Crippen MR) is 152 cm³/mol. The lowest BCUT2D eigenvalue weighted by Crippen LogP contribution is -2.39. The summed E-state index contributed by atoms with van der Waals surface area (Å²) < 4.78 is 24.7. The van der Waals surface area contributed by atoms with E-state index in [9.17, 15) is 4.79 Å². The van der Waals surface area contributed by atoms with Crippen LogP contribution in [0.2, 0.25) is 0 Å². The van der Waals surface area contributed by atoms with Gasteiger partial charge in [0.05, 0.1) is 44.7 Å². The number of methoxy groups -OCH3 is 4. The molecule has 0 radical (unpaired) electrons. The minimum absolute atomic E-state index is 0.114. The van der Waals surface area contributed by atoms with Crippen molar-refractivity contribution in [3.63, 3.8) is 0 Å². The molecule has 8 heteroatoms.